The number of carbonyl (C=O) groups excluding carboxylic acids is 1. The molecule has 3 aromatic rings. The molecule has 2 heterocycles. The van der Waals surface area contributed by atoms with E-state index in [0.29, 0.717) is 6.54 Å². The van der Waals surface area contributed by atoms with Crippen molar-refractivity contribution in [1.29, 1.82) is 0 Å². The molecule has 0 saturated carbocycles. The molecule has 6 nitrogen and oxygen atoms in total. The molecule has 1 aromatic carbocycles. The normalized spacial score (nSPS) is 11.1. The Balaban J connectivity index is 1.91. The highest BCUT2D eigenvalue weighted by Crippen LogP contribution is 2.35. The molecule has 31 heavy (non-hydrogen) atoms. The predicted molar refractivity (Wildman–Crippen MR) is 116 cm³/mol. The Kier molecular flexibility index (Phi) is 8.20. The third-order valence-corrected chi connectivity index (χ3v) is 5.51. The van der Waals surface area contributed by atoms with E-state index < -0.39 is 0 Å². The van der Waals surface area contributed by atoms with Crippen molar-refractivity contribution in [3.05, 3.63) is 71.7 Å². The zero-order valence-corrected chi connectivity index (χ0v) is 18.7. The van der Waals surface area contributed by atoms with Crippen LogP contribution >= 0.6 is 11.8 Å². The van der Waals surface area contributed by atoms with Crippen LogP contribution in [0.15, 0.2) is 58.6 Å². The van der Waals surface area contributed by atoms with E-state index in [0.717, 1.165) is 27.1 Å². The average Bonchev–Trinajstić information content (AvgIpc) is 3.06. The summed E-state index contributed by atoms with van der Waals surface area (Å²) in [6.07, 6.45) is 1.75. The number of esters is 1. The highest BCUT2D eigenvalue weighted by atomic mass is 32.2. The first-order chi connectivity index (χ1) is 14.9. The molecule has 0 saturated heterocycles. The van der Waals surface area contributed by atoms with Crippen LogP contribution in [0.5, 0.6) is 0 Å². The number of rotatable bonds is 10. The summed E-state index contributed by atoms with van der Waals surface area (Å²) in [6, 6.07) is 12.3. The number of benzene rings is 1. The topological polar surface area (TPSA) is 66.2 Å². The number of pyridine rings is 1. The fourth-order valence-electron chi connectivity index (χ4n) is 2.96. The van der Waals surface area contributed by atoms with Gasteiger partial charge in [0.25, 0.3) is 0 Å². The lowest BCUT2D eigenvalue weighted by molar-refractivity contribution is -0.142. The third kappa shape index (κ3) is 6.63. The fourth-order valence-corrected chi connectivity index (χ4v) is 4.17. The highest BCUT2D eigenvalue weighted by molar-refractivity contribution is 7.99. The Morgan fingerprint density at radius 3 is 2.71 bits per heavy atom. The third-order valence-electron chi connectivity index (χ3n) is 4.39. The van der Waals surface area contributed by atoms with Gasteiger partial charge in [-0.2, -0.15) is 0 Å². The lowest BCUT2D eigenvalue weighted by atomic mass is 10.1. The molecule has 3 rings (SSSR count). The molecule has 2 aromatic heterocycles. The number of halogens is 1. The Hall–Kier alpha value is -2.71. The van der Waals surface area contributed by atoms with Crippen LogP contribution in [0.3, 0.4) is 0 Å². The van der Waals surface area contributed by atoms with Crippen LogP contribution in [0, 0.1) is 5.82 Å². The molecule has 0 bridgehead atoms. The quantitative estimate of drug-likeness (QED) is 0.331. The van der Waals surface area contributed by atoms with Gasteiger partial charge in [0.2, 0.25) is 0 Å². The van der Waals surface area contributed by atoms with Crippen molar-refractivity contribution in [3.63, 3.8) is 0 Å². The second-order valence-electron chi connectivity index (χ2n) is 7.23. The number of hydrogen-bond acceptors (Lipinski definition) is 6. The van der Waals surface area contributed by atoms with Gasteiger partial charge in [-0.25, -0.2) is 9.37 Å². The largest absolute Gasteiger partial charge is 0.463 e. The summed E-state index contributed by atoms with van der Waals surface area (Å²) < 4.78 is 26.5. The van der Waals surface area contributed by atoms with Crippen LogP contribution < -0.4 is 0 Å². The molecule has 0 N–H and O–H groups in total. The van der Waals surface area contributed by atoms with Gasteiger partial charge in [-0.3, -0.25) is 9.78 Å². The first-order valence-electron chi connectivity index (χ1n) is 10.1. The Morgan fingerprint density at radius 1 is 1.19 bits per heavy atom. The summed E-state index contributed by atoms with van der Waals surface area (Å²) in [5.41, 5.74) is 1.81. The number of imidazole rings is 1. The molecule has 0 fully saturated rings. The first-order valence-corrected chi connectivity index (χ1v) is 10.9. The summed E-state index contributed by atoms with van der Waals surface area (Å²) in [5, 5.41) is 0.935. The average molecular weight is 444 g/mol. The van der Waals surface area contributed by atoms with Gasteiger partial charge < -0.3 is 14.0 Å². The molecule has 0 aliphatic heterocycles. The number of carbonyl (C=O) groups is 1. The second kappa shape index (κ2) is 11.1. The fraction of sp³-hybridized carbons (Fsp3) is 0.348. The van der Waals surface area contributed by atoms with Crippen LogP contribution in [-0.2, 0) is 27.4 Å². The first kappa shape index (κ1) is 23.0. The van der Waals surface area contributed by atoms with Crippen molar-refractivity contribution in [1.82, 2.24) is 14.5 Å². The minimum atomic E-state index is -0.337. The minimum absolute atomic E-state index is 0.167. The van der Waals surface area contributed by atoms with E-state index in [1.807, 2.05) is 24.3 Å². The van der Waals surface area contributed by atoms with Crippen molar-refractivity contribution in [2.45, 2.75) is 49.8 Å². The minimum Gasteiger partial charge on any atom is -0.463 e. The van der Waals surface area contributed by atoms with E-state index in [9.17, 15) is 9.18 Å². The molecular formula is C23H26FN3O3S. The van der Waals surface area contributed by atoms with Gasteiger partial charge in [0.15, 0.2) is 0 Å². The number of hydrogen-bond donors (Lipinski definition) is 0. The molecule has 0 radical (unpaired) electrons. The monoisotopic (exact) mass is 443 g/mol. The number of aromatic nitrogens is 3. The Labute approximate surface area is 185 Å². The van der Waals surface area contributed by atoms with Crippen LogP contribution in [-0.4, -0.2) is 33.7 Å². The molecular weight excluding hydrogens is 417 g/mol. The molecule has 0 atom stereocenters. The smallest absolute Gasteiger partial charge is 0.302 e. The summed E-state index contributed by atoms with van der Waals surface area (Å²) in [4.78, 5) is 21.0. The van der Waals surface area contributed by atoms with Crippen molar-refractivity contribution >= 4 is 17.7 Å². The zero-order chi connectivity index (χ0) is 22.2. The Bertz CT molecular complexity index is 1010. The van der Waals surface area contributed by atoms with Crippen LogP contribution in [0.25, 0.3) is 0 Å². The van der Waals surface area contributed by atoms with Gasteiger partial charge in [-0.05, 0) is 36.2 Å². The van der Waals surface area contributed by atoms with Gasteiger partial charge >= 0.3 is 5.97 Å². The lowest BCUT2D eigenvalue weighted by Gasteiger charge is -2.13. The lowest BCUT2D eigenvalue weighted by Crippen LogP contribution is -2.12. The van der Waals surface area contributed by atoms with E-state index in [1.54, 1.807) is 12.3 Å². The van der Waals surface area contributed by atoms with E-state index in [-0.39, 0.29) is 37.5 Å². The van der Waals surface area contributed by atoms with Crippen molar-refractivity contribution in [2.75, 3.05) is 13.2 Å². The van der Waals surface area contributed by atoms with Crippen molar-refractivity contribution < 1.29 is 18.7 Å². The molecule has 0 aliphatic rings. The van der Waals surface area contributed by atoms with E-state index in [1.165, 1.54) is 30.8 Å². The highest BCUT2D eigenvalue weighted by Gasteiger charge is 2.21. The van der Waals surface area contributed by atoms with E-state index >= 15 is 0 Å². The van der Waals surface area contributed by atoms with Crippen LogP contribution in [0.2, 0.25) is 0 Å². The number of nitrogens with zero attached hydrogens (tertiary/aromatic N) is 3. The molecule has 0 aliphatic carbocycles. The SMILES string of the molecule is CC(=O)OCCOCc1nc(C(C)C)c(Sc2cccc(F)c2)n1Cc1ccccn1. The number of ether oxygens (including phenoxy) is 2. The van der Waals surface area contributed by atoms with E-state index in [2.05, 4.69) is 23.4 Å². The van der Waals surface area contributed by atoms with Gasteiger partial charge in [0.05, 0.1) is 24.5 Å². The van der Waals surface area contributed by atoms with Crippen molar-refractivity contribution in [2.24, 2.45) is 0 Å². The van der Waals surface area contributed by atoms with Crippen LogP contribution in [0.4, 0.5) is 4.39 Å². The van der Waals surface area contributed by atoms with Gasteiger partial charge in [-0.1, -0.05) is 37.7 Å². The Morgan fingerprint density at radius 2 is 2.03 bits per heavy atom. The predicted octanol–water partition coefficient (Wildman–Crippen LogP) is 4.82. The van der Waals surface area contributed by atoms with Gasteiger partial charge in [-0.15, -0.1) is 0 Å². The van der Waals surface area contributed by atoms with Gasteiger partial charge in [0, 0.05) is 18.0 Å². The second-order valence-corrected chi connectivity index (χ2v) is 8.29. The van der Waals surface area contributed by atoms with Gasteiger partial charge in [0.1, 0.15) is 29.9 Å². The maximum Gasteiger partial charge on any atom is 0.302 e. The maximum absolute atomic E-state index is 13.8. The summed E-state index contributed by atoms with van der Waals surface area (Å²) in [7, 11) is 0. The maximum atomic E-state index is 13.8. The standard InChI is InChI=1S/C23H26FN3O3S/c1-16(2)22-23(31-20-9-6-7-18(24)13-20)27(14-19-8-4-5-10-25-19)21(26-22)15-29-11-12-30-17(3)28/h4-10,13,16H,11-12,14-15H2,1-3H3. The van der Waals surface area contributed by atoms with Crippen molar-refractivity contribution in [3.8, 4) is 0 Å². The molecule has 164 valence electrons. The molecule has 0 unspecified atom stereocenters. The summed E-state index contributed by atoms with van der Waals surface area (Å²) in [6.45, 7) is 6.77. The zero-order valence-electron chi connectivity index (χ0n) is 17.9. The molecule has 0 amide bonds. The molecule has 8 heteroatoms. The molecule has 0 spiro atoms. The summed E-state index contributed by atoms with van der Waals surface area (Å²) in [5.74, 6) is 0.300. The summed E-state index contributed by atoms with van der Waals surface area (Å²) >= 11 is 1.48. The van der Waals surface area contributed by atoms with Crippen LogP contribution in [0.1, 0.15) is 43.9 Å². The van der Waals surface area contributed by atoms with E-state index in [4.69, 9.17) is 14.5 Å².